The summed E-state index contributed by atoms with van der Waals surface area (Å²) < 4.78 is 0. The van der Waals surface area contributed by atoms with Gasteiger partial charge in [-0.25, -0.2) is 0 Å². The number of phenolic OH excluding ortho intramolecular Hbond substituents is 1. The van der Waals surface area contributed by atoms with E-state index in [0.717, 1.165) is 24.2 Å². The number of nitrogens with one attached hydrogen (secondary N) is 1. The van der Waals surface area contributed by atoms with Crippen LogP contribution < -0.4 is 0 Å². The van der Waals surface area contributed by atoms with Crippen molar-refractivity contribution >= 4 is 10.9 Å². The van der Waals surface area contributed by atoms with Gasteiger partial charge in [0.25, 0.3) is 0 Å². The van der Waals surface area contributed by atoms with Crippen LogP contribution in [0.5, 0.6) is 5.75 Å². The molecule has 1 saturated carbocycles. The van der Waals surface area contributed by atoms with Crippen molar-refractivity contribution in [3.8, 4) is 5.75 Å². The molecular weight excluding hydrogens is 296 g/mol. The third-order valence-corrected chi connectivity index (χ3v) is 7.46. The van der Waals surface area contributed by atoms with Crippen LogP contribution in [0.2, 0.25) is 0 Å². The Labute approximate surface area is 144 Å². The molecule has 6 rings (SSSR count). The molecule has 3 aliphatic heterocycles. The summed E-state index contributed by atoms with van der Waals surface area (Å²) >= 11 is 0. The van der Waals surface area contributed by atoms with Gasteiger partial charge in [0.1, 0.15) is 5.75 Å². The van der Waals surface area contributed by atoms with Gasteiger partial charge < -0.3 is 10.1 Å². The molecule has 0 radical (unpaired) electrons. The van der Waals surface area contributed by atoms with Gasteiger partial charge >= 0.3 is 0 Å². The average Bonchev–Trinajstić information content (AvgIpc) is 2.76. The normalized spacial score (nSPS) is 37.9. The van der Waals surface area contributed by atoms with Crippen LogP contribution in [0, 0.1) is 17.8 Å². The minimum absolute atomic E-state index is 0.384. The highest BCUT2D eigenvalue weighted by Gasteiger charge is 2.47. The molecule has 4 aliphatic rings. The van der Waals surface area contributed by atoms with E-state index >= 15 is 0 Å². The molecule has 24 heavy (non-hydrogen) atoms. The zero-order valence-electron chi connectivity index (χ0n) is 14.8. The van der Waals surface area contributed by atoms with Crippen LogP contribution in [-0.2, 0) is 6.42 Å². The Hall–Kier alpha value is -1.48. The van der Waals surface area contributed by atoms with Crippen molar-refractivity contribution in [3.05, 3.63) is 29.5 Å². The van der Waals surface area contributed by atoms with Crippen molar-refractivity contribution in [1.82, 2.24) is 9.88 Å². The van der Waals surface area contributed by atoms with Gasteiger partial charge in [-0.1, -0.05) is 20.3 Å². The highest BCUT2D eigenvalue weighted by molar-refractivity contribution is 5.86. The number of rotatable bonds is 1. The number of fused-ring (bicyclic) bond motifs is 5. The second kappa shape index (κ2) is 5.26. The molecular formula is C21H28N2O. The first kappa shape index (κ1) is 14.8. The van der Waals surface area contributed by atoms with E-state index in [1.54, 1.807) is 6.07 Å². The van der Waals surface area contributed by atoms with E-state index in [9.17, 15) is 5.11 Å². The summed E-state index contributed by atoms with van der Waals surface area (Å²) in [6, 6.07) is 6.51. The number of benzene rings is 1. The summed E-state index contributed by atoms with van der Waals surface area (Å²) in [5, 5.41) is 11.2. The number of nitrogens with zero attached hydrogens (tertiary/aromatic N) is 1. The topological polar surface area (TPSA) is 39.3 Å². The van der Waals surface area contributed by atoms with Crippen LogP contribution in [0.15, 0.2) is 18.2 Å². The lowest BCUT2D eigenvalue weighted by Gasteiger charge is -2.41. The molecule has 2 N–H and O–H groups in total. The molecule has 3 heteroatoms. The average molecular weight is 324 g/mol. The van der Waals surface area contributed by atoms with Crippen LogP contribution in [0.1, 0.15) is 50.3 Å². The van der Waals surface area contributed by atoms with Crippen LogP contribution >= 0.6 is 0 Å². The van der Waals surface area contributed by atoms with Crippen molar-refractivity contribution in [3.63, 3.8) is 0 Å². The predicted octanol–water partition coefficient (Wildman–Crippen LogP) is 4.27. The SMILES string of the molecule is CCC1CC2C3CC(CN2CCc2c3[nH]c3ccc(O)cc23)C1C. The fourth-order valence-electron chi connectivity index (χ4n) is 6.06. The Balaban J connectivity index is 1.65. The first-order chi connectivity index (χ1) is 11.7. The largest absolute Gasteiger partial charge is 0.508 e. The monoisotopic (exact) mass is 324 g/mol. The minimum atomic E-state index is 0.384. The fraction of sp³-hybridized carbons (Fsp3) is 0.619. The Morgan fingerprint density at radius 2 is 2.17 bits per heavy atom. The maximum absolute atomic E-state index is 9.94. The third kappa shape index (κ3) is 2.00. The Morgan fingerprint density at radius 3 is 3.00 bits per heavy atom. The highest BCUT2D eigenvalue weighted by atomic mass is 16.3. The number of aromatic amines is 1. The minimum Gasteiger partial charge on any atom is -0.508 e. The number of H-pyrrole nitrogens is 1. The van der Waals surface area contributed by atoms with Crippen molar-refractivity contribution in [2.45, 2.75) is 51.5 Å². The van der Waals surface area contributed by atoms with Crippen LogP contribution in [-0.4, -0.2) is 34.1 Å². The lowest BCUT2D eigenvalue weighted by Crippen LogP contribution is -2.45. The molecule has 1 aromatic carbocycles. The van der Waals surface area contributed by atoms with Gasteiger partial charge in [-0.05, 0) is 60.8 Å². The van der Waals surface area contributed by atoms with Gasteiger partial charge in [-0.2, -0.15) is 0 Å². The molecule has 3 nitrogen and oxygen atoms in total. The lowest BCUT2D eigenvalue weighted by atomic mass is 9.79. The summed E-state index contributed by atoms with van der Waals surface area (Å²) in [5.41, 5.74) is 4.16. The first-order valence-electron chi connectivity index (χ1n) is 9.73. The van der Waals surface area contributed by atoms with E-state index in [-0.39, 0.29) is 0 Å². The molecule has 6 unspecified atom stereocenters. The Morgan fingerprint density at radius 1 is 1.29 bits per heavy atom. The fourth-order valence-corrected chi connectivity index (χ4v) is 6.06. The standard InChI is InChI=1S/C21H28N2O/c1-3-13-9-20-18-8-14(12(13)2)11-23(20)7-6-16-17-10-15(24)4-5-19(17)22-21(16)18/h4-5,10,12-14,18,20,22,24H,3,6-9,11H2,1-2H3. The molecule has 0 amide bonds. The van der Waals surface area contributed by atoms with Crippen molar-refractivity contribution < 1.29 is 5.11 Å². The van der Waals surface area contributed by atoms with Crippen molar-refractivity contribution in [2.75, 3.05) is 13.1 Å². The number of hydrogen-bond donors (Lipinski definition) is 2. The molecule has 3 fully saturated rings. The number of aromatic nitrogens is 1. The van der Waals surface area contributed by atoms with E-state index < -0.39 is 0 Å². The summed E-state index contributed by atoms with van der Waals surface area (Å²) in [5.74, 6) is 3.60. The smallest absolute Gasteiger partial charge is 0.116 e. The molecule has 4 heterocycles. The zero-order valence-corrected chi connectivity index (χ0v) is 14.8. The first-order valence-corrected chi connectivity index (χ1v) is 9.73. The molecule has 1 aliphatic carbocycles. The van der Waals surface area contributed by atoms with E-state index in [2.05, 4.69) is 23.7 Å². The van der Waals surface area contributed by atoms with Crippen molar-refractivity contribution in [2.24, 2.45) is 17.8 Å². The van der Waals surface area contributed by atoms with Gasteiger partial charge in [0.05, 0.1) is 0 Å². The summed E-state index contributed by atoms with van der Waals surface area (Å²) in [6.07, 6.45) is 5.13. The van der Waals surface area contributed by atoms with Crippen LogP contribution in [0.3, 0.4) is 0 Å². The van der Waals surface area contributed by atoms with E-state index in [4.69, 9.17) is 0 Å². The molecule has 128 valence electrons. The maximum Gasteiger partial charge on any atom is 0.116 e. The zero-order chi connectivity index (χ0) is 16.4. The van der Waals surface area contributed by atoms with Gasteiger partial charge in [-0.15, -0.1) is 0 Å². The predicted molar refractivity (Wildman–Crippen MR) is 97.4 cm³/mol. The Bertz CT molecular complexity index is 779. The molecule has 2 saturated heterocycles. The lowest BCUT2D eigenvalue weighted by molar-refractivity contribution is 0.0994. The van der Waals surface area contributed by atoms with Gasteiger partial charge in [0.15, 0.2) is 0 Å². The second-order valence-electron chi connectivity index (χ2n) is 8.42. The summed E-state index contributed by atoms with van der Waals surface area (Å²) in [6.45, 7) is 7.36. The number of aromatic hydroxyl groups is 1. The van der Waals surface area contributed by atoms with Crippen molar-refractivity contribution in [1.29, 1.82) is 0 Å². The second-order valence-corrected chi connectivity index (χ2v) is 8.42. The van der Waals surface area contributed by atoms with Crippen LogP contribution in [0.4, 0.5) is 0 Å². The number of phenols is 1. The van der Waals surface area contributed by atoms with E-state index in [1.165, 1.54) is 54.5 Å². The third-order valence-electron chi connectivity index (χ3n) is 7.46. The number of hydrogen-bond acceptors (Lipinski definition) is 2. The summed E-state index contributed by atoms with van der Waals surface area (Å²) in [7, 11) is 0. The van der Waals surface area contributed by atoms with E-state index in [0.29, 0.717) is 17.7 Å². The molecule has 4 bridgehead atoms. The van der Waals surface area contributed by atoms with Gasteiger partial charge in [-0.3, -0.25) is 4.90 Å². The molecule has 6 atom stereocenters. The maximum atomic E-state index is 9.94. The van der Waals surface area contributed by atoms with E-state index in [1.807, 2.05) is 12.1 Å². The molecule has 1 aromatic heterocycles. The number of piperidine rings is 1. The van der Waals surface area contributed by atoms with Gasteiger partial charge in [0.2, 0.25) is 0 Å². The molecule has 2 aromatic rings. The summed E-state index contributed by atoms with van der Waals surface area (Å²) in [4.78, 5) is 6.56. The van der Waals surface area contributed by atoms with Gasteiger partial charge in [0, 0.05) is 41.6 Å². The highest BCUT2D eigenvalue weighted by Crippen LogP contribution is 2.50. The Kier molecular flexibility index (Phi) is 3.25. The molecule has 0 spiro atoms. The van der Waals surface area contributed by atoms with Crippen LogP contribution in [0.25, 0.3) is 10.9 Å². The quantitative estimate of drug-likeness (QED) is 0.822.